The number of hydrogen-bond donors (Lipinski definition) is 1. The van der Waals surface area contributed by atoms with Crippen molar-refractivity contribution in [1.29, 1.82) is 0 Å². The minimum atomic E-state index is 0.103. The fourth-order valence-corrected chi connectivity index (χ4v) is 2.62. The SMILES string of the molecule is CCCCOCC(=O)N1CCC(CNC(=O)C2CC2)CC1. The lowest BCUT2D eigenvalue weighted by atomic mass is 9.96. The Balaban J connectivity index is 1.56. The van der Waals surface area contributed by atoms with Gasteiger partial charge in [-0.2, -0.15) is 0 Å². The van der Waals surface area contributed by atoms with Gasteiger partial charge in [0.2, 0.25) is 11.8 Å². The molecule has 1 heterocycles. The Hall–Kier alpha value is -1.10. The van der Waals surface area contributed by atoms with Crippen LogP contribution >= 0.6 is 0 Å². The van der Waals surface area contributed by atoms with Gasteiger partial charge in [-0.05, 0) is 38.0 Å². The monoisotopic (exact) mass is 296 g/mol. The number of unbranched alkanes of at least 4 members (excludes halogenated alkanes) is 1. The Bertz CT molecular complexity index is 347. The molecule has 5 nitrogen and oxygen atoms in total. The Morgan fingerprint density at radius 2 is 1.90 bits per heavy atom. The second-order valence-electron chi connectivity index (χ2n) is 6.25. The standard InChI is InChI=1S/C16H28N2O3/c1-2-3-10-21-12-15(19)18-8-6-13(7-9-18)11-17-16(20)14-4-5-14/h13-14H,2-12H2,1H3,(H,17,20). The van der Waals surface area contributed by atoms with Gasteiger partial charge in [-0.3, -0.25) is 9.59 Å². The predicted octanol–water partition coefficient (Wildman–Crippen LogP) is 1.57. The average molecular weight is 296 g/mol. The lowest BCUT2D eigenvalue weighted by molar-refractivity contribution is -0.137. The van der Waals surface area contributed by atoms with Crippen LogP contribution in [-0.4, -0.2) is 49.6 Å². The van der Waals surface area contributed by atoms with E-state index in [4.69, 9.17) is 4.74 Å². The first-order chi connectivity index (χ1) is 10.2. The number of carbonyl (C=O) groups is 2. The second kappa shape index (κ2) is 8.37. The predicted molar refractivity (Wildman–Crippen MR) is 80.8 cm³/mol. The number of rotatable bonds is 8. The summed E-state index contributed by atoms with van der Waals surface area (Å²) in [5.41, 5.74) is 0. The van der Waals surface area contributed by atoms with Gasteiger partial charge in [0.25, 0.3) is 0 Å². The summed E-state index contributed by atoms with van der Waals surface area (Å²) in [4.78, 5) is 25.5. The van der Waals surface area contributed by atoms with Gasteiger partial charge in [-0.15, -0.1) is 0 Å². The summed E-state index contributed by atoms with van der Waals surface area (Å²) in [5, 5.41) is 3.04. The molecule has 0 spiro atoms. The van der Waals surface area contributed by atoms with E-state index in [1.165, 1.54) is 0 Å². The second-order valence-corrected chi connectivity index (χ2v) is 6.25. The van der Waals surface area contributed by atoms with Gasteiger partial charge >= 0.3 is 0 Å². The average Bonchev–Trinajstić information content (AvgIpc) is 3.34. The number of nitrogens with zero attached hydrogens (tertiary/aromatic N) is 1. The third-order valence-electron chi connectivity index (χ3n) is 4.35. The zero-order chi connectivity index (χ0) is 15.1. The highest BCUT2D eigenvalue weighted by molar-refractivity contribution is 5.80. The summed E-state index contributed by atoms with van der Waals surface area (Å²) in [6, 6.07) is 0. The van der Waals surface area contributed by atoms with E-state index in [9.17, 15) is 9.59 Å². The number of likely N-dealkylation sites (tertiary alicyclic amines) is 1. The molecule has 2 fully saturated rings. The molecule has 2 aliphatic rings. The number of amides is 2. The highest BCUT2D eigenvalue weighted by atomic mass is 16.5. The van der Waals surface area contributed by atoms with E-state index >= 15 is 0 Å². The van der Waals surface area contributed by atoms with E-state index in [1.807, 2.05) is 4.90 Å². The number of hydrogen-bond acceptors (Lipinski definition) is 3. The maximum Gasteiger partial charge on any atom is 0.248 e. The molecule has 0 aromatic heterocycles. The van der Waals surface area contributed by atoms with Gasteiger partial charge in [0.05, 0.1) is 0 Å². The van der Waals surface area contributed by atoms with E-state index in [1.54, 1.807) is 0 Å². The van der Waals surface area contributed by atoms with Crippen LogP contribution in [0.25, 0.3) is 0 Å². The fourth-order valence-electron chi connectivity index (χ4n) is 2.62. The van der Waals surface area contributed by atoms with Crippen molar-refractivity contribution in [3.05, 3.63) is 0 Å². The van der Waals surface area contributed by atoms with Crippen LogP contribution in [-0.2, 0) is 14.3 Å². The van der Waals surface area contributed by atoms with Gasteiger partial charge in [-0.1, -0.05) is 13.3 Å². The van der Waals surface area contributed by atoms with Crippen LogP contribution in [0.2, 0.25) is 0 Å². The van der Waals surface area contributed by atoms with Crippen molar-refractivity contribution in [2.75, 3.05) is 32.8 Å². The summed E-state index contributed by atoms with van der Waals surface area (Å²) in [5.74, 6) is 1.12. The Labute approximate surface area is 127 Å². The lowest BCUT2D eigenvalue weighted by Gasteiger charge is -2.32. The molecule has 1 saturated heterocycles. The zero-order valence-electron chi connectivity index (χ0n) is 13.1. The van der Waals surface area contributed by atoms with E-state index in [0.29, 0.717) is 12.5 Å². The molecule has 0 radical (unpaired) electrons. The van der Waals surface area contributed by atoms with Crippen LogP contribution in [0.1, 0.15) is 45.4 Å². The maximum atomic E-state index is 12.0. The summed E-state index contributed by atoms with van der Waals surface area (Å²) < 4.78 is 5.38. The Morgan fingerprint density at radius 3 is 2.52 bits per heavy atom. The lowest BCUT2D eigenvalue weighted by Crippen LogP contribution is -2.43. The van der Waals surface area contributed by atoms with Gasteiger partial charge < -0.3 is 15.0 Å². The normalized spacial score (nSPS) is 19.6. The first-order valence-electron chi connectivity index (χ1n) is 8.34. The molecular weight excluding hydrogens is 268 g/mol. The van der Waals surface area contributed by atoms with Gasteiger partial charge in [0.1, 0.15) is 6.61 Å². The quantitative estimate of drug-likeness (QED) is 0.692. The molecule has 0 aromatic rings. The third kappa shape index (κ3) is 5.65. The van der Waals surface area contributed by atoms with Crippen LogP contribution in [0.15, 0.2) is 0 Å². The van der Waals surface area contributed by atoms with Crippen LogP contribution in [0.3, 0.4) is 0 Å². The van der Waals surface area contributed by atoms with Crippen molar-refractivity contribution < 1.29 is 14.3 Å². The minimum Gasteiger partial charge on any atom is -0.372 e. The van der Waals surface area contributed by atoms with Gasteiger partial charge in [0.15, 0.2) is 0 Å². The maximum absolute atomic E-state index is 12.0. The van der Waals surface area contributed by atoms with E-state index in [-0.39, 0.29) is 24.3 Å². The number of carbonyl (C=O) groups excluding carboxylic acids is 2. The van der Waals surface area contributed by atoms with Crippen LogP contribution < -0.4 is 5.32 Å². The van der Waals surface area contributed by atoms with E-state index in [0.717, 1.165) is 58.2 Å². The molecule has 5 heteroatoms. The zero-order valence-corrected chi connectivity index (χ0v) is 13.1. The first kappa shape index (κ1) is 16.3. The molecule has 2 amide bonds. The van der Waals surface area contributed by atoms with Crippen LogP contribution in [0, 0.1) is 11.8 Å². The molecule has 120 valence electrons. The molecule has 1 saturated carbocycles. The number of nitrogens with one attached hydrogen (secondary N) is 1. The summed E-state index contributed by atoms with van der Waals surface area (Å²) in [6.45, 7) is 5.34. The summed E-state index contributed by atoms with van der Waals surface area (Å²) in [6.07, 6.45) is 6.16. The first-order valence-corrected chi connectivity index (χ1v) is 8.34. The molecule has 1 N–H and O–H groups in total. The van der Waals surface area contributed by atoms with Crippen LogP contribution in [0.5, 0.6) is 0 Å². The van der Waals surface area contributed by atoms with Gasteiger partial charge in [0, 0.05) is 32.2 Å². The largest absolute Gasteiger partial charge is 0.372 e. The van der Waals surface area contributed by atoms with E-state index < -0.39 is 0 Å². The highest BCUT2D eigenvalue weighted by Gasteiger charge is 2.30. The smallest absolute Gasteiger partial charge is 0.248 e. The molecule has 1 aliphatic carbocycles. The van der Waals surface area contributed by atoms with E-state index in [2.05, 4.69) is 12.2 Å². The van der Waals surface area contributed by atoms with Gasteiger partial charge in [-0.25, -0.2) is 0 Å². The summed E-state index contributed by atoms with van der Waals surface area (Å²) in [7, 11) is 0. The molecule has 2 rings (SSSR count). The van der Waals surface area contributed by atoms with Crippen molar-refractivity contribution in [2.24, 2.45) is 11.8 Å². The molecule has 0 atom stereocenters. The van der Waals surface area contributed by atoms with Crippen molar-refractivity contribution in [3.8, 4) is 0 Å². The van der Waals surface area contributed by atoms with Crippen molar-refractivity contribution in [2.45, 2.75) is 45.4 Å². The third-order valence-corrected chi connectivity index (χ3v) is 4.35. The number of ether oxygens (including phenoxy) is 1. The summed E-state index contributed by atoms with van der Waals surface area (Å²) >= 11 is 0. The van der Waals surface area contributed by atoms with Crippen molar-refractivity contribution >= 4 is 11.8 Å². The topological polar surface area (TPSA) is 58.6 Å². The fraction of sp³-hybridized carbons (Fsp3) is 0.875. The molecule has 0 unspecified atom stereocenters. The molecule has 0 aromatic carbocycles. The Morgan fingerprint density at radius 1 is 1.19 bits per heavy atom. The molecule has 1 aliphatic heterocycles. The molecule has 0 bridgehead atoms. The minimum absolute atomic E-state index is 0.103. The van der Waals surface area contributed by atoms with Crippen LogP contribution in [0.4, 0.5) is 0 Å². The van der Waals surface area contributed by atoms with Crippen molar-refractivity contribution in [3.63, 3.8) is 0 Å². The molecule has 21 heavy (non-hydrogen) atoms. The number of piperidine rings is 1. The Kier molecular flexibility index (Phi) is 6.49. The van der Waals surface area contributed by atoms with Crippen molar-refractivity contribution in [1.82, 2.24) is 10.2 Å². The highest BCUT2D eigenvalue weighted by Crippen LogP contribution is 2.29. The molecular formula is C16H28N2O3.